The van der Waals surface area contributed by atoms with E-state index >= 15 is 0 Å². The number of hydrogen-bond acceptors (Lipinski definition) is 1. The van der Waals surface area contributed by atoms with E-state index in [2.05, 4.69) is 43.8 Å². The van der Waals surface area contributed by atoms with Gasteiger partial charge >= 0.3 is 0 Å². The summed E-state index contributed by atoms with van der Waals surface area (Å²) in [7, 11) is 0. The van der Waals surface area contributed by atoms with Gasteiger partial charge in [0.1, 0.15) is 11.3 Å². The van der Waals surface area contributed by atoms with Gasteiger partial charge in [-0.15, -0.1) is 0 Å². The Bertz CT molecular complexity index is 760. The lowest BCUT2D eigenvalue weighted by molar-refractivity contribution is 0.601. The Hall–Kier alpha value is -2.28. The summed E-state index contributed by atoms with van der Waals surface area (Å²) in [4.78, 5) is 0. The fourth-order valence-electron chi connectivity index (χ4n) is 2.36. The molecule has 0 atom stereocenters. The van der Waals surface area contributed by atoms with Crippen LogP contribution < -0.4 is 0 Å². The Kier molecular flexibility index (Phi) is 2.52. The summed E-state index contributed by atoms with van der Waals surface area (Å²) in [5, 5.41) is 3.69. The average Bonchev–Trinajstić information content (AvgIpc) is 2.73. The molecule has 0 radical (unpaired) electrons. The smallest absolute Gasteiger partial charge is 0.135 e. The predicted molar refractivity (Wildman–Crippen MR) is 77.7 cm³/mol. The fourth-order valence-corrected chi connectivity index (χ4v) is 2.36. The molecule has 0 unspecified atom stereocenters. The van der Waals surface area contributed by atoms with Gasteiger partial charge in [-0.2, -0.15) is 0 Å². The molecule has 1 nitrogen and oxygen atoms in total. The molecule has 0 aliphatic carbocycles. The van der Waals surface area contributed by atoms with Crippen molar-refractivity contribution in [1.82, 2.24) is 0 Å². The van der Waals surface area contributed by atoms with Crippen molar-refractivity contribution >= 4 is 27.8 Å². The molecule has 0 saturated heterocycles. The highest BCUT2D eigenvalue weighted by molar-refractivity contribution is 6.08. The minimum atomic E-state index is 0.904. The lowest BCUT2D eigenvalue weighted by Gasteiger charge is -1.98. The Labute approximate surface area is 106 Å². The third kappa shape index (κ3) is 1.56. The van der Waals surface area contributed by atoms with Gasteiger partial charge < -0.3 is 4.42 Å². The van der Waals surface area contributed by atoms with Crippen LogP contribution >= 0.6 is 0 Å². The molecule has 3 rings (SSSR count). The zero-order chi connectivity index (χ0) is 12.5. The number of benzene rings is 2. The maximum atomic E-state index is 5.87. The highest BCUT2D eigenvalue weighted by Crippen LogP contribution is 2.32. The molecule has 1 aromatic heterocycles. The van der Waals surface area contributed by atoms with Crippen molar-refractivity contribution in [3.8, 4) is 0 Å². The molecule has 1 heterocycles. The fraction of sp³-hybridized carbons (Fsp3) is 0.0588. The minimum absolute atomic E-state index is 0.904. The van der Waals surface area contributed by atoms with Crippen LogP contribution in [0.1, 0.15) is 11.3 Å². The predicted octanol–water partition coefficient (Wildman–Crippen LogP) is 5.09. The maximum absolute atomic E-state index is 5.87. The standard InChI is InChI=1S/C17H14O/c1-3-4-9-15-12(2)17-14-8-6-5-7-13(14)10-11-16(17)18-15/h3-11H,1H2,2H3/b9-4-. The highest BCUT2D eigenvalue weighted by atomic mass is 16.3. The van der Waals surface area contributed by atoms with Crippen molar-refractivity contribution in [1.29, 1.82) is 0 Å². The Morgan fingerprint density at radius 3 is 2.78 bits per heavy atom. The van der Waals surface area contributed by atoms with Gasteiger partial charge in [0.05, 0.1) is 0 Å². The van der Waals surface area contributed by atoms with E-state index in [-0.39, 0.29) is 0 Å². The number of hydrogen-bond donors (Lipinski definition) is 0. The van der Waals surface area contributed by atoms with E-state index < -0.39 is 0 Å². The molecule has 1 heteroatoms. The van der Waals surface area contributed by atoms with Crippen molar-refractivity contribution in [2.75, 3.05) is 0 Å². The monoisotopic (exact) mass is 234 g/mol. The van der Waals surface area contributed by atoms with Crippen LogP contribution in [0.2, 0.25) is 0 Å². The Balaban J connectivity index is 2.40. The van der Waals surface area contributed by atoms with Crippen LogP contribution in [0, 0.1) is 6.92 Å². The summed E-state index contributed by atoms with van der Waals surface area (Å²) in [5.74, 6) is 0.904. The number of fused-ring (bicyclic) bond motifs is 3. The second kappa shape index (κ2) is 4.19. The van der Waals surface area contributed by atoms with E-state index in [0.29, 0.717) is 0 Å². The number of rotatable bonds is 2. The summed E-state index contributed by atoms with van der Waals surface area (Å²) < 4.78 is 5.87. The van der Waals surface area contributed by atoms with Crippen molar-refractivity contribution in [3.05, 3.63) is 66.5 Å². The summed E-state index contributed by atoms with van der Waals surface area (Å²) in [6, 6.07) is 12.5. The van der Waals surface area contributed by atoms with Crippen LogP contribution in [0.3, 0.4) is 0 Å². The Morgan fingerprint density at radius 1 is 1.11 bits per heavy atom. The second-order valence-electron chi connectivity index (χ2n) is 4.35. The first-order valence-electron chi connectivity index (χ1n) is 6.01. The molecule has 0 spiro atoms. The lowest BCUT2D eigenvalue weighted by atomic mass is 10.0. The molecular weight excluding hydrogens is 220 g/mol. The molecule has 88 valence electrons. The van der Waals surface area contributed by atoms with Gasteiger partial charge in [-0.25, -0.2) is 0 Å². The first kappa shape index (κ1) is 10.8. The molecule has 2 aromatic carbocycles. The zero-order valence-electron chi connectivity index (χ0n) is 10.3. The first-order valence-corrected chi connectivity index (χ1v) is 6.01. The van der Waals surface area contributed by atoms with Crippen molar-refractivity contribution < 1.29 is 4.42 Å². The summed E-state index contributed by atoms with van der Waals surface area (Å²) in [6.07, 6.45) is 5.61. The molecule has 0 N–H and O–H groups in total. The van der Waals surface area contributed by atoms with E-state index in [0.717, 1.165) is 11.3 Å². The van der Waals surface area contributed by atoms with E-state index in [1.807, 2.05) is 18.2 Å². The molecule has 3 aromatic rings. The van der Waals surface area contributed by atoms with Gasteiger partial charge in [0.15, 0.2) is 0 Å². The van der Waals surface area contributed by atoms with Gasteiger partial charge in [-0.3, -0.25) is 0 Å². The van der Waals surface area contributed by atoms with Gasteiger partial charge in [-0.1, -0.05) is 49.1 Å². The largest absolute Gasteiger partial charge is 0.456 e. The number of aryl methyl sites for hydroxylation is 1. The van der Waals surface area contributed by atoms with E-state index in [4.69, 9.17) is 4.42 Å². The van der Waals surface area contributed by atoms with Crippen molar-refractivity contribution in [3.63, 3.8) is 0 Å². The highest BCUT2D eigenvalue weighted by Gasteiger charge is 2.10. The topological polar surface area (TPSA) is 13.1 Å². The van der Waals surface area contributed by atoms with Crippen LogP contribution in [-0.2, 0) is 0 Å². The molecule has 0 saturated carbocycles. The lowest BCUT2D eigenvalue weighted by Crippen LogP contribution is -1.76. The van der Waals surface area contributed by atoms with Crippen LogP contribution in [0.4, 0.5) is 0 Å². The summed E-state index contributed by atoms with van der Waals surface area (Å²) >= 11 is 0. The number of furan rings is 1. The van der Waals surface area contributed by atoms with Gasteiger partial charge in [0.2, 0.25) is 0 Å². The minimum Gasteiger partial charge on any atom is -0.456 e. The van der Waals surface area contributed by atoms with Gasteiger partial charge in [0, 0.05) is 10.9 Å². The normalized spacial score (nSPS) is 11.6. The van der Waals surface area contributed by atoms with E-state index in [1.54, 1.807) is 6.08 Å². The third-order valence-corrected chi connectivity index (χ3v) is 3.24. The Morgan fingerprint density at radius 2 is 1.94 bits per heavy atom. The molecule has 0 aliphatic rings. The zero-order valence-corrected chi connectivity index (χ0v) is 10.3. The average molecular weight is 234 g/mol. The summed E-state index contributed by atoms with van der Waals surface area (Å²) in [6.45, 7) is 5.78. The van der Waals surface area contributed by atoms with Crippen LogP contribution in [0.15, 0.2) is 59.5 Å². The molecule has 0 amide bonds. The van der Waals surface area contributed by atoms with E-state index in [1.165, 1.54) is 21.7 Å². The van der Waals surface area contributed by atoms with Crippen molar-refractivity contribution in [2.45, 2.75) is 6.92 Å². The molecule has 0 fully saturated rings. The van der Waals surface area contributed by atoms with Crippen LogP contribution in [0.5, 0.6) is 0 Å². The van der Waals surface area contributed by atoms with Gasteiger partial charge in [-0.05, 0) is 29.8 Å². The first-order chi connectivity index (χ1) is 8.81. The van der Waals surface area contributed by atoms with Crippen LogP contribution in [-0.4, -0.2) is 0 Å². The molecule has 18 heavy (non-hydrogen) atoms. The summed E-state index contributed by atoms with van der Waals surface area (Å²) in [5.41, 5.74) is 2.12. The molecule has 0 bridgehead atoms. The van der Waals surface area contributed by atoms with Crippen molar-refractivity contribution in [2.24, 2.45) is 0 Å². The quantitative estimate of drug-likeness (QED) is 0.563. The molecule has 0 aliphatic heterocycles. The maximum Gasteiger partial charge on any atom is 0.135 e. The van der Waals surface area contributed by atoms with Gasteiger partial charge in [0.25, 0.3) is 0 Å². The SMILES string of the molecule is C=C/C=C\c1oc2ccc3ccccc3c2c1C. The van der Waals surface area contributed by atoms with Crippen LogP contribution in [0.25, 0.3) is 27.8 Å². The van der Waals surface area contributed by atoms with E-state index in [9.17, 15) is 0 Å². The molecular formula is C17H14O. The second-order valence-corrected chi connectivity index (χ2v) is 4.35. The number of allylic oxidation sites excluding steroid dienone is 2. The third-order valence-electron chi connectivity index (χ3n) is 3.24.